The van der Waals surface area contributed by atoms with Crippen LogP contribution in [-0.4, -0.2) is 57.9 Å². The third-order valence-corrected chi connectivity index (χ3v) is 5.57. The first kappa shape index (κ1) is 24.8. The van der Waals surface area contributed by atoms with Gasteiger partial charge in [-0.25, -0.2) is 13.8 Å². The number of amides is 3. The maximum Gasteiger partial charge on any atom is 0.311 e. The Bertz CT molecular complexity index is 1180. The van der Waals surface area contributed by atoms with Crippen molar-refractivity contribution in [1.82, 2.24) is 25.1 Å². The van der Waals surface area contributed by atoms with Crippen LogP contribution in [0.5, 0.6) is 5.75 Å². The Morgan fingerprint density at radius 2 is 1.91 bits per heavy atom. The van der Waals surface area contributed by atoms with E-state index in [1.54, 1.807) is 0 Å². The maximum absolute atomic E-state index is 13.4. The van der Waals surface area contributed by atoms with E-state index in [9.17, 15) is 33.1 Å². The summed E-state index contributed by atoms with van der Waals surface area (Å²) in [6, 6.07) is 3.15. The number of benzene rings is 1. The fourth-order valence-corrected chi connectivity index (χ4v) is 3.59. The number of nitrogens with zero attached hydrogens (tertiary/aromatic N) is 3. The molecule has 10 nitrogen and oxygen atoms in total. The summed E-state index contributed by atoms with van der Waals surface area (Å²) in [5, 5.41) is 15.3. The lowest BCUT2D eigenvalue weighted by atomic mass is 10.0. The minimum absolute atomic E-state index is 0.0483. The van der Waals surface area contributed by atoms with Crippen LogP contribution >= 0.6 is 0 Å². The van der Waals surface area contributed by atoms with Crippen molar-refractivity contribution in [1.29, 1.82) is 0 Å². The second-order valence-electron chi connectivity index (χ2n) is 8.22. The molecule has 2 aromatic rings. The van der Waals surface area contributed by atoms with Gasteiger partial charge in [-0.1, -0.05) is 6.07 Å². The molecule has 0 bridgehead atoms. The van der Waals surface area contributed by atoms with E-state index in [1.165, 1.54) is 29.6 Å². The zero-order valence-corrected chi connectivity index (χ0v) is 18.7. The second-order valence-corrected chi connectivity index (χ2v) is 8.22. The summed E-state index contributed by atoms with van der Waals surface area (Å²) in [6.45, 7) is 0.283. The van der Waals surface area contributed by atoms with Gasteiger partial charge in [-0.2, -0.15) is 0 Å². The van der Waals surface area contributed by atoms with Crippen molar-refractivity contribution in [3.05, 3.63) is 57.3 Å². The monoisotopic (exact) mass is 477 g/mol. The number of carbonyl (C=O) groups excluding carboxylic acids is 3. The molecule has 0 fully saturated rings. The molecule has 1 aliphatic rings. The Morgan fingerprint density at radius 3 is 2.59 bits per heavy atom. The van der Waals surface area contributed by atoms with E-state index in [4.69, 9.17) is 0 Å². The highest BCUT2D eigenvalue weighted by Crippen LogP contribution is 2.20. The average molecular weight is 477 g/mol. The van der Waals surface area contributed by atoms with Gasteiger partial charge in [0.15, 0.2) is 17.3 Å². The SMILES string of the molecule is CN(C)C(=O)C(=O)NCC1CCc2nc(C(=O)NCc3ccc(F)c(F)c3)c(O)c(=O)n2CC1. The molecule has 1 aromatic heterocycles. The van der Waals surface area contributed by atoms with Gasteiger partial charge < -0.3 is 20.6 Å². The lowest BCUT2D eigenvalue weighted by Crippen LogP contribution is -2.41. The zero-order valence-electron chi connectivity index (χ0n) is 18.7. The Kier molecular flexibility index (Phi) is 7.59. The summed E-state index contributed by atoms with van der Waals surface area (Å²) in [4.78, 5) is 54.1. The molecule has 1 unspecified atom stereocenters. The highest BCUT2D eigenvalue weighted by atomic mass is 19.2. The van der Waals surface area contributed by atoms with Gasteiger partial charge in [0, 0.05) is 40.2 Å². The van der Waals surface area contributed by atoms with E-state index in [0.29, 0.717) is 25.1 Å². The van der Waals surface area contributed by atoms with E-state index in [-0.39, 0.29) is 31.1 Å². The van der Waals surface area contributed by atoms with E-state index in [1.807, 2.05) is 0 Å². The Balaban J connectivity index is 1.68. The highest BCUT2D eigenvalue weighted by Gasteiger charge is 2.25. The molecule has 3 amide bonds. The Hall–Kier alpha value is -3.83. The topological polar surface area (TPSA) is 134 Å². The largest absolute Gasteiger partial charge is 0.501 e. The number of hydrogen-bond donors (Lipinski definition) is 3. The number of fused-ring (bicyclic) bond motifs is 1. The number of halogens is 2. The van der Waals surface area contributed by atoms with E-state index in [0.717, 1.165) is 12.1 Å². The number of hydrogen-bond acceptors (Lipinski definition) is 6. The lowest BCUT2D eigenvalue weighted by molar-refractivity contribution is -0.144. The molecule has 182 valence electrons. The molecule has 3 N–H and O–H groups in total. The molecular formula is C22H25F2N5O5. The van der Waals surface area contributed by atoms with Gasteiger partial charge in [-0.05, 0) is 36.5 Å². The Morgan fingerprint density at radius 1 is 1.18 bits per heavy atom. The molecule has 1 aliphatic heterocycles. The quantitative estimate of drug-likeness (QED) is 0.531. The molecule has 0 saturated heterocycles. The van der Waals surface area contributed by atoms with Gasteiger partial charge in [-0.3, -0.25) is 23.7 Å². The van der Waals surface area contributed by atoms with E-state index < -0.39 is 46.4 Å². The van der Waals surface area contributed by atoms with E-state index >= 15 is 0 Å². The molecule has 0 radical (unpaired) electrons. The number of aromatic hydroxyl groups is 1. The first-order chi connectivity index (χ1) is 16.1. The lowest BCUT2D eigenvalue weighted by Gasteiger charge is -2.15. The van der Waals surface area contributed by atoms with Gasteiger partial charge in [0.1, 0.15) is 5.82 Å². The Labute approximate surface area is 193 Å². The predicted molar refractivity (Wildman–Crippen MR) is 116 cm³/mol. The van der Waals surface area contributed by atoms with Crippen molar-refractivity contribution in [2.24, 2.45) is 5.92 Å². The summed E-state index contributed by atoms with van der Waals surface area (Å²) in [5.41, 5.74) is -0.937. The molecule has 12 heteroatoms. The number of nitrogens with one attached hydrogen (secondary N) is 2. The van der Waals surface area contributed by atoms with E-state index in [2.05, 4.69) is 15.6 Å². The summed E-state index contributed by atoms with van der Waals surface area (Å²) < 4.78 is 27.7. The number of likely N-dealkylation sites (N-methyl/N-ethyl adjacent to an activating group) is 1. The summed E-state index contributed by atoms with van der Waals surface area (Å²) in [5.74, 6) is -4.86. The fraction of sp³-hybridized carbons (Fsp3) is 0.409. The van der Waals surface area contributed by atoms with Crippen LogP contribution in [0.3, 0.4) is 0 Å². The maximum atomic E-state index is 13.4. The van der Waals surface area contributed by atoms with Crippen LogP contribution in [-0.2, 0) is 29.1 Å². The van der Waals surface area contributed by atoms with Crippen LogP contribution < -0.4 is 16.2 Å². The van der Waals surface area contributed by atoms with Crippen LogP contribution in [0.2, 0.25) is 0 Å². The first-order valence-corrected chi connectivity index (χ1v) is 10.6. The van der Waals surface area contributed by atoms with Crippen molar-refractivity contribution < 1.29 is 28.3 Å². The molecule has 2 heterocycles. The molecule has 0 spiro atoms. The second kappa shape index (κ2) is 10.4. The standard InChI is InChI=1S/C22H25F2N5O5/c1-28(2)22(34)20(32)26-10-12-4-6-16-27-17(18(30)21(33)29(16)8-7-12)19(31)25-11-13-3-5-14(23)15(24)9-13/h3,5,9,12,30H,4,6-8,10-11H2,1-2H3,(H,25,31)(H,26,32). The number of aryl methyl sites for hydroxylation is 1. The fourth-order valence-electron chi connectivity index (χ4n) is 3.59. The number of aromatic nitrogens is 2. The van der Waals surface area contributed by atoms with Crippen molar-refractivity contribution in [3.63, 3.8) is 0 Å². The van der Waals surface area contributed by atoms with Crippen molar-refractivity contribution in [2.45, 2.75) is 32.4 Å². The van der Waals surface area contributed by atoms with Crippen LogP contribution in [0, 0.1) is 17.6 Å². The molecule has 0 aliphatic carbocycles. The van der Waals surface area contributed by atoms with Crippen LogP contribution in [0.4, 0.5) is 8.78 Å². The number of rotatable bonds is 5. The third kappa shape index (κ3) is 5.56. The summed E-state index contributed by atoms with van der Waals surface area (Å²) in [6.07, 6.45) is 1.33. The van der Waals surface area contributed by atoms with Gasteiger partial charge >= 0.3 is 11.8 Å². The first-order valence-electron chi connectivity index (χ1n) is 10.6. The molecule has 1 aromatic carbocycles. The molecule has 3 rings (SSSR count). The van der Waals surface area contributed by atoms with Gasteiger partial charge in [-0.15, -0.1) is 0 Å². The molecule has 34 heavy (non-hydrogen) atoms. The van der Waals surface area contributed by atoms with Crippen molar-refractivity contribution >= 4 is 17.7 Å². The smallest absolute Gasteiger partial charge is 0.311 e. The summed E-state index contributed by atoms with van der Waals surface area (Å²) in [7, 11) is 2.95. The number of carbonyl (C=O) groups is 3. The van der Waals surface area contributed by atoms with Crippen molar-refractivity contribution in [2.75, 3.05) is 20.6 Å². The van der Waals surface area contributed by atoms with Gasteiger partial charge in [0.25, 0.3) is 11.5 Å². The molecular weight excluding hydrogens is 452 g/mol. The van der Waals surface area contributed by atoms with Crippen LogP contribution in [0.15, 0.2) is 23.0 Å². The average Bonchev–Trinajstić information content (AvgIpc) is 3.02. The van der Waals surface area contributed by atoms with Crippen LogP contribution in [0.25, 0.3) is 0 Å². The minimum atomic E-state index is -1.06. The third-order valence-electron chi connectivity index (χ3n) is 5.57. The minimum Gasteiger partial charge on any atom is -0.501 e. The summed E-state index contributed by atoms with van der Waals surface area (Å²) >= 11 is 0. The zero-order chi connectivity index (χ0) is 25.0. The van der Waals surface area contributed by atoms with Crippen LogP contribution in [0.1, 0.15) is 34.7 Å². The van der Waals surface area contributed by atoms with Gasteiger partial charge in [0.05, 0.1) is 0 Å². The normalized spacial score (nSPS) is 15.1. The highest BCUT2D eigenvalue weighted by molar-refractivity contribution is 6.34. The van der Waals surface area contributed by atoms with Gasteiger partial charge in [0.2, 0.25) is 5.75 Å². The molecule has 0 saturated carbocycles. The molecule has 1 atom stereocenters. The van der Waals surface area contributed by atoms with Crippen molar-refractivity contribution in [3.8, 4) is 5.75 Å². The predicted octanol–water partition coefficient (Wildman–Crippen LogP) is 0.314.